The molecule has 3 N–H and O–H groups in total. The van der Waals surface area contributed by atoms with Crippen LogP contribution in [0.4, 0.5) is 10.5 Å². The molecule has 0 radical (unpaired) electrons. The van der Waals surface area contributed by atoms with Gasteiger partial charge in [0.2, 0.25) is 0 Å². The van der Waals surface area contributed by atoms with Crippen LogP contribution in [0.2, 0.25) is 0 Å². The molecule has 0 saturated heterocycles. The molecule has 0 atom stereocenters. The van der Waals surface area contributed by atoms with Gasteiger partial charge in [0, 0.05) is 15.5 Å². The third-order valence-electron chi connectivity index (χ3n) is 2.72. The van der Waals surface area contributed by atoms with E-state index in [-0.39, 0.29) is 0 Å². The predicted molar refractivity (Wildman–Crippen MR) is 87.7 cm³/mol. The molecule has 0 spiro atoms. The highest BCUT2D eigenvalue weighted by Crippen LogP contribution is 2.29. The van der Waals surface area contributed by atoms with Crippen molar-refractivity contribution in [1.82, 2.24) is 10.4 Å². The number of hydrazine groups is 1. The monoisotopic (exact) mass is 421 g/mol. The van der Waals surface area contributed by atoms with E-state index < -0.39 is 12.0 Å². The number of nitrogens with two attached hydrogens (primary N) is 1. The second-order valence-corrected chi connectivity index (χ2v) is 6.03. The van der Waals surface area contributed by atoms with Crippen molar-refractivity contribution in [3.63, 3.8) is 0 Å². The van der Waals surface area contributed by atoms with Crippen LogP contribution in [-0.4, -0.2) is 30.7 Å². The lowest BCUT2D eigenvalue weighted by molar-refractivity contribution is 0.0628. The average molecular weight is 423 g/mol. The lowest BCUT2D eigenvalue weighted by atomic mass is 10.1. The fourth-order valence-electron chi connectivity index (χ4n) is 1.59. The first-order chi connectivity index (χ1) is 9.90. The molecule has 0 aromatic heterocycles. The lowest BCUT2D eigenvalue weighted by Crippen LogP contribution is -2.46. The van der Waals surface area contributed by atoms with E-state index in [1.54, 1.807) is 12.1 Å². The maximum Gasteiger partial charge on any atom is 0.425 e. The number of nitrogens with one attached hydrogen (secondary N) is 1. The first-order valence-electron chi connectivity index (χ1n) is 6.31. The van der Waals surface area contributed by atoms with Gasteiger partial charge in [-0.2, -0.15) is 0 Å². The van der Waals surface area contributed by atoms with Crippen molar-refractivity contribution in [1.29, 1.82) is 0 Å². The van der Waals surface area contributed by atoms with Gasteiger partial charge < -0.3 is 10.5 Å². The molecule has 21 heavy (non-hydrogen) atoms. The molecular formula is C13H17Br2N3O3. The molecule has 0 bridgehead atoms. The van der Waals surface area contributed by atoms with Gasteiger partial charge in [-0.25, -0.2) is 15.2 Å². The van der Waals surface area contributed by atoms with Crippen LogP contribution < -0.4 is 11.2 Å². The average Bonchev–Trinajstić information content (AvgIpc) is 2.46. The molecule has 0 aliphatic carbocycles. The van der Waals surface area contributed by atoms with E-state index in [2.05, 4.69) is 42.0 Å². The van der Waals surface area contributed by atoms with Gasteiger partial charge in [0.25, 0.3) is 5.91 Å². The maximum atomic E-state index is 12.6. The third kappa shape index (κ3) is 4.89. The standard InChI is InChI=1S/C13H17Br2N3O3/c1-3-4-5-18(17-13(20)21-2)12(19)9-6-8(14)7-10(15)11(9)16/h6-7H,3-5,16H2,1-2H3,(H,17,20). The highest BCUT2D eigenvalue weighted by molar-refractivity contribution is 9.11. The first-order valence-corrected chi connectivity index (χ1v) is 7.90. The number of nitrogen functional groups attached to an aromatic ring is 1. The summed E-state index contributed by atoms with van der Waals surface area (Å²) in [4.78, 5) is 23.9. The van der Waals surface area contributed by atoms with Gasteiger partial charge in [0.1, 0.15) is 0 Å². The molecule has 0 aliphatic heterocycles. The van der Waals surface area contributed by atoms with E-state index in [0.29, 0.717) is 26.7 Å². The number of hydrogen-bond donors (Lipinski definition) is 2. The summed E-state index contributed by atoms with van der Waals surface area (Å²) in [5, 5.41) is 1.21. The molecule has 8 heteroatoms. The van der Waals surface area contributed by atoms with Crippen molar-refractivity contribution in [2.24, 2.45) is 0 Å². The number of amides is 2. The van der Waals surface area contributed by atoms with Crippen molar-refractivity contribution in [3.8, 4) is 0 Å². The van der Waals surface area contributed by atoms with Crippen LogP contribution in [0.1, 0.15) is 30.1 Å². The van der Waals surface area contributed by atoms with Crippen molar-refractivity contribution >= 4 is 49.5 Å². The summed E-state index contributed by atoms with van der Waals surface area (Å²) in [6.07, 6.45) is 0.918. The Bertz CT molecular complexity index is 538. The first kappa shape index (κ1) is 17.8. The Balaban J connectivity index is 3.06. The molecule has 1 aromatic rings. The predicted octanol–water partition coefficient (Wildman–Crippen LogP) is 3.31. The second kappa shape index (κ2) is 8.23. The van der Waals surface area contributed by atoms with Crippen LogP contribution in [-0.2, 0) is 4.74 Å². The molecule has 0 heterocycles. The summed E-state index contributed by atoms with van der Waals surface area (Å²) in [6.45, 7) is 2.36. The minimum absolute atomic E-state index is 0.295. The highest BCUT2D eigenvalue weighted by Gasteiger charge is 2.21. The molecule has 6 nitrogen and oxygen atoms in total. The number of carbonyl (C=O) groups excluding carboxylic acids is 2. The molecule has 1 aromatic carbocycles. The van der Waals surface area contributed by atoms with Crippen LogP contribution >= 0.6 is 31.9 Å². The van der Waals surface area contributed by atoms with E-state index in [1.807, 2.05) is 6.92 Å². The Morgan fingerprint density at radius 2 is 2.05 bits per heavy atom. The summed E-state index contributed by atoms with van der Waals surface area (Å²) in [5.41, 5.74) is 8.94. The largest absolute Gasteiger partial charge is 0.452 e. The van der Waals surface area contributed by atoms with E-state index in [4.69, 9.17) is 5.73 Å². The summed E-state index contributed by atoms with van der Waals surface area (Å²) in [5.74, 6) is -0.395. The number of benzene rings is 1. The van der Waals surface area contributed by atoms with Crippen molar-refractivity contribution in [3.05, 3.63) is 26.6 Å². The molecule has 0 fully saturated rings. The zero-order chi connectivity index (χ0) is 16.0. The molecule has 0 unspecified atom stereocenters. The van der Waals surface area contributed by atoms with Crippen LogP contribution in [0.5, 0.6) is 0 Å². The lowest BCUT2D eigenvalue weighted by Gasteiger charge is -2.23. The molecule has 1 rings (SSSR count). The van der Waals surface area contributed by atoms with Crippen LogP contribution in [0.3, 0.4) is 0 Å². The topological polar surface area (TPSA) is 84.7 Å². The van der Waals surface area contributed by atoms with Crippen LogP contribution in [0, 0.1) is 0 Å². The number of carbonyl (C=O) groups is 2. The highest BCUT2D eigenvalue weighted by atomic mass is 79.9. The minimum Gasteiger partial charge on any atom is -0.452 e. The number of unbranched alkanes of at least 4 members (excludes halogenated alkanes) is 1. The van der Waals surface area contributed by atoms with E-state index >= 15 is 0 Å². The number of halogens is 2. The van der Waals surface area contributed by atoms with Crippen LogP contribution in [0.15, 0.2) is 21.1 Å². The van der Waals surface area contributed by atoms with Gasteiger partial charge in [0.05, 0.1) is 18.4 Å². The number of hydrogen-bond acceptors (Lipinski definition) is 4. The Labute approximate surface area is 140 Å². The third-order valence-corrected chi connectivity index (χ3v) is 3.83. The Morgan fingerprint density at radius 3 is 2.62 bits per heavy atom. The van der Waals surface area contributed by atoms with Gasteiger partial charge in [-0.05, 0) is 34.5 Å². The summed E-state index contributed by atoms with van der Waals surface area (Å²) in [7, 11) is 1.24. The number of anilines is 1. The van der Waals surface area contributed by atoms with Crippen LogP contribution in [0.25, 0.3) is 0 Å². The number of nitrogens with zero attached hydrogens (tertiary/aromatic N) is 1. The zero-order valence-corrected chi connectivity index (χ0v) is 15.0. The SMILES string of the molecule is CCCCN(NC(=O)OC)C(=O)c1cc(Br)cc(Br)c1N. The molecule has 0 saturated carbocycles. The molecule has 116 valence electrons. The van der Waals surface area contributed by atoms with Crippen molar-refractivity contribution < 1.29 is 14.3 Å². The van der Waals surface area contributed by atoms with Crippen molar-refractivity contribution in [2.75, 3.05) is 19.4 Å². The van der Waals surface area contributed by atoms with E-state index in [0.717, 1.165) is 12.8 Å². The number of methoxy groups -OCH3 is 1. The van der Waals surface area contributed by atoms with E-state index in [9.17, 15) is 9.59 Å². The fourth-order valence-corrected chi connectivity index (χ4v) is 2.81. The Hall–Kier alpha value is -1.28. The maximum absolute atomic E-state index is 12.6. The Kier molecular flexibility index (Phi) is 6.97. The number of rotatable bonds is 4. The molecule has 0 aliphatic rings. The smallest absolute Gasteiger partial charge is 0.425 e. The fraction of sp³-hybridized carbons (Fsp3) is 0.385. The van der Waals surface area contributed by atoms with Crippen molar-refractivity contribution in [2.45, 2.75) is 19.8 Å². The summed E-state index contributed by atoms with van der Waals surface area (Å²) in [6, 6.07) is 3.36. The number of ether oxygens (including phenoxy) is 1. The summed E-state index contributed by atoms with van der Waals surface area (Å²) < 4.78 is 5.84. The van der Waals surface area contributed by atoms with Gasteiger partial charge >= 0.3 is 6.09 Å². The summed E-state index contributed by atoms with van der Waals surface area (Å²) >= 11 is 6.61. The van der Waals surface area contributed by atoms with E-state index in [1.165, 1.54) is 12.1 Å². The molecule has 2 amide bonds. The minimum atomic E-state index is -0.702. The normalized spacial score (nSPS) is 10.1. The zero-order valence-electron chi connectivity index (χ0n) is 11.8. The molecular weight excluding hydrogens is 406 g/mol. The van der Waals surface area contributed by atoms with Gasteiger partial charge in [-0.15, -0.1) is 0 Å². The quantitative estimate of drug-likeness (QED) is 0.575. The van der Waals surface area contributed by atoms with Gasteiger partial charge in [-0.1, -0.05) is 29.3 Å². The second-order valence-electron chi connectivity index (χ2n) is 4.26. The van der Waals surface area contributed by atoms with Gasteiger partial charge in [0.15, 0.2) is 0 Å². The van der Waals surface area contributed by atoms with Gasteiger partial charge in [-0.3, -0.25) is 4.79 Å². The Morgan fingerprint density at radius 1 is 1.38 bits per heavy atom.